The first kappa shape index (κ1) is 16.7. The average Bonchev–Trinajstić information content (AvgIpc) is 3.23. The van der Waals surface area contributed by atoms with Gasteiger partial charge in [0.1, 0.15) is 6.10 Å². The van der Waals surface area contributed by atoms with Gasteiger partial charge in [-0.15, -0.1) is 0 Å². The molecule has 3 aliphatic rings. The quantitative estimate of drug-likeness (QED) is 0.911. The Morgan fingerprint density at radius 3 is 2.40 bits per heavy atom. The van der Waals surface area contributed by atoms with Crippen molar-refractivity contribution in [2.75, 3.05) is 20.2 Å². The lowest BCUT2D eigenvalue weighted by molar-refractivity contribution is -0.139. The van der Waals surface area contributed by atoms with E-state index in [2.05, 4.69) is 0 Å². The highest BCUT2D eigenvalue weighted by Crippen LogP contribution is 2.48. The molecule has 0 unspecified atom stereocenters. The molecule has 2 aliphatic carbocycles. The van der Waals surface area contributed by atoms with Gasteiger partial charge >= 0.3 is 0 Å². The highest BCUT2D eigenvalue weighted by Gasteiger charge is 2.50. The molecule has 2 saturated carbocycles. The minimum absolute atomic E-state index is 0.0606. The lowest BCUT2D eigenvalue weighted by atomic mass is 9.83. The maximum absolute atomic E-state index is 13.0. The van der Waals surface area contributed by atoms with Gasteiger partial charge in [0, 0.05) is 32.0 Å². The Bertz CT molecular complexity index is 625. The Kier molecular flexibility index (Phi) is 4.59. The molecule has 25 heavy (non-hydrogen) atoms. The molecular weight excluding hydrogens is 316 g/mol. The van der Waals surface area contributed by atoms with Gasteiger partial charge in [0.2, 0.25) is 5.91 Å². The van der Waals surface area contributed by atoms with Crippen LogP contribution < -0.4 is 15.2 Å². The maximum Gasteiger partial charge on any atom is 0.227 e. The van der Waals surface area contributed by atoms with Crippen LogP contribution in [0.1, 0.15) is 32.1 Å². The van der Waals surface area contributed by atoms with E-state index in [9.17, 15) is 4.79 Å². The standard InChI is InChI=1S/C20H28N2O3/c1-24-16-4-2-3-5-17(16)25-15-8-10-22(11-9-15)20(23)18-13-6-7-14(12-13)19(18)21/h2-5,13-15,18-19H,6-12,21H2,1H3/t13-,14+,18-,19+/m1/s1. The molecule has 0 aromatic heterocycles. The summed E-state index contributed by atoms with van der Waals surface area (Å²) in [4.78, 5) is 15.0. The van der Waals surface area contributed by atoms with E-state index in [0.29, 0.717) is 11.8 Å². The number of nitrogens with two attached hydrogens (primary N) is 1. The Labute approximate surface area is 149 Å². The zero-order valence-electron chi connectivity index (χ0n) is 14.9. The molecule has 1 heterocycles. The number of hydrogen-bond donors (Lipinski definition) is 1. The summed E-state index contributed by atoms with van der Waals surface area (Å²) >= 11 is 0. The van der Waals surface area contributed by atoms with Crippen molar-refractivity contribution in [3.8, 4) is 11.5 Å². The van der Waals surface area contributed by atoms with Crippen LogP contribution in [0.3, 0.4) is 0 Å². The number of benzene rings is 1. The van der Waals surface area contributed by atoms with Crippen LogP contribution in [0.4, 0.5) is 0 Å². The first-order chi connectivity index (χ1) is 12.2. The molecule has 1 saturated heterocycles. The van der Waals surface area contributed by atoms with Crippen LogP contribution >= 0.6 is 0 Å². The number of fused-ring (bicyclic) bond motifs is 2. The third kappa shape index (κ3) is 3.10. The molecule has 4 rings (SSSR count). The molecular formula is C20H28N2O3. The fourth-order valence-corrected chi connectivity index (χ4v) is 5.00. The summed E-state index contributed by atoms with van der Waals surface area (Å²) in [6, 6.07) is 7.81. The van der Waals surface area contributed by atoms with Crippen molar-refractivity contribution in [3.05, 3.63) is 24.3 Å². The predicted octanol–water partition coefficient (Wildman–Crippen LogP) is 2.44. The molecule has 2 N–H and O–H groups in total. The van der Waals surface area contributed by atoms with Crippen LogP contribution in [0, 0.1) is 17.8 Å². The molecule has 1 aromatic rings. The number of carbonyl (C=O) groups is 1. The van der Waals surface area contributed by atoms with E-state index in [1.165, 1.54) is 12.8 Å². The van der Waals surface area contributed by atoms with E-state index in [1.807, 2.05) is 29.2 Å². The van der Waals surface area contributed by atoms with Gasteiger partial charge in [-0.2, -0.15) is 0 Å². The number of carbonyl (C=O) groups excluding carboxylic acids is 1. The highest BCUT2D eigenvalue weighted by atomic mass is 16.5. The minimum atomic E-state index is 0.0606. The Morgan fingerprint density at radius 2 is 1.76 bits per heavy atom. The zero-order valence-corrected chi connectivity index (χ0v) is 14.9. The number of methoxy groups -OCH3 is 1. The summed E-state index contributed by atoms with van der Waals surface area (Å²) in [7, 11) is 1.65. The van der Waals surface area contributed by atoms with Crippen molar-refractivity contribution in [2.45, 2.75) is 44.2 Å². The molecule has 5 nitrogen and oxygen atoms in total. The molecule has 0 radical (unpaired) electrons. The second-order valence-corrected chi connectivity index (χ2v) is 7.73. The summed E-state index contributed by atoms with van der Waals surface area (Å²) < 4.78 is 11.5. The minimum Gasteiger partial charge on any atom is -0.493 e. The van der Waals surface area contributed by atoms with Crippen molar-refractivity contribution >= 4 is 5.91 Å². The number of nitrogens with zero attached hydrogens (tertiary/aromatic N) is 1. The normalized spacial score (nSPS) is 32.0. The first-order valence-corrected chi connectivity index (χ1v) is 9.51. The average molecular weight is 344 g/mol. The van der Waals surface area contributed by atoms with Crippen molar-refractivity contribution in [3.63, 3.8) is 0 Å². The largest absolute Gasteiger partial charge is 0.493 e. The monoisotopic (exact) mass is 344 g/mol. The Balaban J connectivity index is 1.33. The van der Waals surface area contributed by atoms with Gasteiger partial charge in [-0.3, -0.25) is 4.79 Å². The van der Waals surface area contributed by atoms with Crippen LogP contribution in [-0.4, -0.2) is 43.2 Å². The highest BCUT2D eigenvalue weighted by molar-refractivity contribution is 5.80. The maximum atomic E-state index is 13.0. The lowest BCUT2D eigenvalue weighted by Gasteiger charge is -2.37. The fourth-order valence-electron chi connectivity index (χ4n) is 5.00. The van der Waals surface area contributed by atoms with E-state index >= 15 is 0 Å². The predicted molar refractivity (Wildman–Crippen MR) is 95.5 cm³/mol. The van der Waals surface area contributed by atoms with Crippen molar-refractivity contribution < 1.29 is 14.3 Å². The van der Waals surface area contributed by atoms with Gasteiger partial charge in [-0.1, -0.05) is 12.1 Å². The zero-order chi connectivity index (χ0) is 17.4. The van der Waals surface area contributed by atoms with Crippen LogP contribution in [0.25, 0.3) is 0 Å². The topological polar surface area (TPSA) is 64.8 Å². The molecule has 3 fully saturated rings. The smallest absolute Gasteiger partial charge is 0.227 e. The van der Waals surface area contributed by atoms with E-state index in [1.54, 1.807) is 7.11 Å². The summed E-state index contributed by atoms with van der Waals surface area (Å²) in [6.07, 6.45) is 5.41. The number of rotatable bonds is 4. The number of para-hydroxylation sites is 2. The van der Waals surface area contributed by atoms with Gasteiger partial charge in [0.05, 0.1) is 13.0 Å². The summed E-state index contributed by atoms with van der Waals surface area (Å²) in [5.74, 6) is 2.99. The van der Waals surface area contributed by atoms with Crippen molar-refractivity contribution in [1.82, 2.24) is 4.90 Å². The third-order valence-electron chi connectivity index (χ3n) is 6.38. The van der Waals surface area contributed by atoms with Gasteiger partial charge in [0.15, 0.2) is 11.5 Å². The summed E-state index contributed by atoms with van der Waals surface area (Å²) in [6.45, 7) is 1.53. The van der Waals surface area contributed by atoms with Gasteiger partial charge < -0.3 is 20.1 Å². The van der Waals surface area contributed by atoms with Crippen LogP contribution in [0.15, 0.2) is 24.3 Å². The van der Waals surface area contributed by atoms with Crippen LogP contribution in [-0.2, 0) is 4.79 Å². The number of piperidine rings is 1. The molecule has 136 valence electrons. The van der Waals surface area contributed by atoms with Crippen LogP contribution in [0.2, 0.25) is 0 Å². The van der Waals surface area contributed by atoms with Crippen LogP contribution in [0.5, 0.6) is 11.5 Å². The molecule has 5 heteroatoms. The summed E-state index contributed by atoms with van der Waals surface area (Å²) in [5.41, 5.74) is 6.35. The van der Waals surface area contributed by atoms with Crippen molar-refractivity contribution in [2.24, 2.45) is 23.5 Å². The van der Waals surface area contributed by atoms with E-state index < -0.39 is 0 Å². The molecule has 1 aromatic carbocycles. The second-order valence-electron chi connectivity index (χ2n) is 7.73. The number of ether oxygens (including phenoxy) is 2. The van der Waals surface area contributed by atoms with E-state index in [-0.39, 0.29) is 24.0 Å². The summed E-state index contributed by atoms with van der Waals surface area (Å²) in [5, 5.41) is 0. The molecule has 1 aliphatic heterocycles. The number of likely N-dealkylation sites (tertiary alicyclic amines) is 1. The number of hydrogen-bond acceptors (Lipinski definition) is 4. The Morgan fingerprint density at radius 1 is 1.08 bits per heavy atom. The molecule has 2 bridgehead atoms. The van der Waals surface area contributed by atoms with E-state index in [0.717, 1.165) is 43.9 Å². The second kappa shape index (κ2) is 6.87. The third-order valence-corrected chi connectivity index (χ3v) is 6.38. The Hall–Kier alpha value is -1.75. The fraction of sp³-hybridized carbons (Fsp3) is 0.650. The van der Waals surface area contributed by atoms with Gasteiger partial charge in [-0.05, 0) is 43.2 Å². The van der Waals surface area contributed by atoms with Gasteiger partial charge in [-0.25, -0.2) is 0 Å². The first-order valence-electron chi connectivity index (χ1n) is 9.51. The van der Waals surface area contributed by atoms with Crippen molar-refractivity contribution in [1.29, 1.82) is 0 Å². The molecule has 0 spiro atoms. The number of amides is 1. The molecule has 4 atom stereocenters. The van der Waals surface area contributed by atoms with Gasteiger partial charge in [0.25, 0.3) is 0 Å². The lowest BCUT2D eigenvalue weighted by Crippen LogP contribution is -2.50. The molecule has 1 amide bonds. The van der Waals surface area contributed by atoms with E-state index in [4.69, 9.17) is 15.2 Å². The SMILES string of the molecule is COc1ccccc1OC1CCN(C(=O)[C@@H]2[C@@H]3CC[C@@H](C3)[C@@H]2N)CC1.